The van der Waals surface area contributed by atoms with Crippen molar-refractivity contribution in [3.05, 3.63) is 36.0 Å². The van der Waals surface area contributed by atoms with E-state index in [1.54, 1.807) is 18.2 Å². The van der Waals surface area contributed by atoms with E-state index in [1.165, 1.54) is 6.07 Å². The predicted molar refractivity (Wildman–Crippen MR) is 97.5 cm³/mol. The first-order chi connectivity index (χ1) is 13.1. The minimum atomic E-state index is -0.406. The second-order valence-corrected chi connectivity index (χ2v) is 6.70. The second-order valence-electron chi connectivity index (χ2n) is 6.70. The maximum Gasteiger partial charge on any atom is 0.227 e. The maximum absolute atomic E-state index is 13.8. The molecular weight excluding hydrogens is 351 g/mol. The van der Waals surface area contributed by atoms with Crippen LogP contribution in [0.4, 0.5) is 4.39 Å². The van der Waals surface area contributed by atoms with Gasteiger partial charge in [0.2, 0.25) is 17.6 Å². The molecule has 1 aliphatic heterocycles. The Balaban J connectivity index is 1.40. The molecule has 27 heavy (non-hydrogen) atoms. The number of carbonyl (C=O) groups excluding carboxylic acids is 1. The molecule has 0 spiro atoms. The number of aryl methyl sites for hydroxylation is 1. The van der Waals surface area contributed by atoms with Crippen molar-refractivity contribution in [3.63, 3.8) is 0 Å². The Kier molecular flexibility index (Phi) is 6.89. The van der Waals surface area contributed by atoms with Gasteiger partial charge in [0, 0.05) is 38.5 Å². The summed E-state index contributed by atoms with van der Waals surface area (Å²) in [4.78, 5) is 18.6. The van der Waals surface area contributed by atoms with E-state index in [4.69, 9.17) is 9.26 Å². The van der Waals surface area contributed by atoms with Crippen LogP contribution in [0.15, 0.2) is 28.8 Å². The highest BCUT2D eigenvalue weighted by molar-refractivity contribution is 5.76. The molecule has 1 aromatic carbocycles. The molecule has 1 amide bonds. The van der Waals surface area contributed by atoms with Gasteiger partial charge >= 0.3 is 0 Å². The molecule has 0 saturated carbocycles. The Hall–Kier alpha value is -2.32. The van der Waals surface area contributed by atoms with Crippen LogP contribution in [0.3, 0.4) is 0 Å². The molecule has 1 fully saturated rings. The van der Waals surface area contributed by atoms with Gasteiger partial charge in [0.05, 0.1) is 18.8 Å². The van der Waals surface area contributed by atoms with Gasteiger partial charge in [-0.25, -0.2) is 4.39 Å². The smallest absolute Gasteiger partial charge is 0.227 e. The fraction of sp³-hybridized carbons (Fsp3) is 0.526. The number of hydrogen-bond acceptors (Lipinski definition) is 6. The zero-order chi connectivity index (χ0) is 19.1. The molecule has 1 aliphatic rings. The number of halogens is 1. The van der Waals surface area contributed by atoms with E-state index < -0.39 is 5.82 Å². The zero-order valence-electron chi connectivity index (χ0n) is 15.5. The highest BCUT2D eigenvalue weighted by Gasteiger charge is 2.15. The summed E-state index contributed by atoms with van der Waals surface area (Å²) in [5.41, 5.74) is 0.286. The standard InChI is InChI=1S/C19H25FN4O3/c1-14(8-9-24-10-12-26-13-11-24)21-17(25)6-7-18-22-19(23-27-18)15-4-2-3-5-16(15)20/h2-5,14H,6-13H2,1H3,(H,21,25)/t14-/m1/s1. The van der Waals surface area contributed by atoms with Crippen molar-refractivity contribution in [2.24, 2.45) is 0 Å². The number of ether oxygens (including phenoxy) is 1. The highest BCUT2D eigenvalue weighted by Crippen LogP contribution is 2.19. The molecule has 1 atom stereocenters. The Morgan fingerprint density at radius 3 is 2.89 bits per heavy atom. The topological polar surface area (TPSA) is 80.5 Å². The summed E-state index contributed by atoms with van der Waals surface area (Å²) < 4.78 is 24.2. The van der Waals surface area contributed by atoms with Crippen molar-refractivity contribution in [2.45, 2.75) is 32.2 Å². The van der Waals surface area contributed by atoms with Gasteiger partial charge < -0.3 is 14.6 Å². The van der Waals surface area contributed by atoms with Crippen molar-refractivity contribution < 1.29 is 18.4 Å². The molecule has 0 radical (unpaired) electrons. The van der Waals surface area contributed by atoms with Gasteiger partial charge in [-0.3, -0.25) is 9.69 Å². The lowest BCUT2D eigenvalue weighted by Gasteiger charge is -2.27. The van der Waals surface area contributed by atoms with Crippen LogP contribution in [0.1, 0.15) is 25.7 Å². The largest absolute Gasteiger partial charge is 0.379 e. The van der Waals surface area contributed by atoms with E-state index >= 15 is 0 Å². The highest BCUT2D eigenvalue weighted by atomic mass is 19.1. The fourth-order valence-electron chi connectivity index (χ4n) is 2.95. The SMILES string of the molecule is C[C@H](CCN1CCOCC1)NC(=O)CCc1nc(-c2ccccc2F)no1. The van der Waals surface area contributed by atoms with Gasteiger partial charge in [-0.1, -0.05) is 17.3 Å². The lowest BCUT2D eigenvalue weighted by atomic mass is 10.2. The predicted octanol–water partition coefficient (Wildman–Crippen LogP) is 2.04. The molecule has 1 N–H and O–H groups in total. The van der Waals surface area contributed by atoms with Crippen LogP contribution < -0.4 is 5.32 Å². The molecule has 0 aliphatic carbocycles. The Morgan fingerprint density at radius 2 is 2.11 bits per heavy atom. The van der Waals surface area contributed by atoms with Crippen LogP contribution >= 0.6 is 0 Å². The molecule has 7 nitrogen and oxygen atoms in total. The van der Waals surface area contributed by atoms with Crippen molar-refractivity contribution in [1.82, 2.24) is 20.4 Å². The normalized spacial score (nSPS) is 16.2. The number of hydrogen-bond donors (Lipinski definition) is 1. The van der Waals surface area contributed by atoms with E-state index in [9.17, 15) is 9.18 Å². The van der Waals surface area contributed by atoms with Crippen LogP contribution in [0.5, 0.6) is 0 Å². The molecular formula is C19H25FN4O3. The van der Waals surface area contributed by atoms with Crippen molar-refractivity contribution in [3.8, 4) is 11.4 Å². The number of benzene rings is 1. The summed E-state index contributed by atoms with van der Waals surface area (Å²) in [5.74, 6) is 0.0542. The lowest BCUT2D eigenvalue weighted by molar-refractivity contribution is -0.121. The quantitative estimate of drug-likeness (QED) is 0.759. The Morgan fingerprint density at radius 1 is 1.33 bits per heavy atom. The number of morpholine rings is 1. The van der Waals surface area contributed by atoms with Gasteiger partial charge in [0.25, 0.3) is 0 Å². The Bertz CT molecular complexity index is 746. The summed E-state index contributed by atoms with van der Waals surface area (Å²) in [6, 6.07) is 6.34. The molecule has 8 heteroatoms. The number of rotatable bonds is 8. The van der Waals surface area contributed by atoms with Gasteiger partial charge in [-0.05, 0) is 25.5 Å². The van der Waals surface area contributed by atoms with Gasteiger partial charge in [0.15, 0.2) is 0 Å². The van der Waals surface area contributed by atoms with Crippen LogP contribution in [-0.4, -0.2) is 59.8 Å². The number of carbonyl (C=O) groups is 1. The average Bonchev–Trinajstić information content (AvgIpc) is 3.15. The van der Waals surface area contributed by atoms with Gasteiger partial charge in [-0.15, -0.1) is 0 Å². The zero-order valence-corrected chi connectivity index (χ0v) is 15.5. The van der Waals surface area contributed by atoms with E-state index in [0.717, 1.165) is 39.3 Å². The van der Waals surface area contributed by atoms with Crippen LogP contribution in [-0.2, 0) is 16.0 Å². The first-order valence-electron chi connectivity index (χ1n) is 9.29. The van der Waals surface area contributed by atoms with Crippen molar-refractivity contribution >= 4 is 5.91 Å². The van der Waals surface area contributed by atoms with Crippen molar-refractivity contribution in [1.29, 1.82) is 0 Å². The van der Waals surface area contributed by atoms with E-state index in [-0.39, 0.29) is 29.8 Å². The first-order valence-corrected chi connectivity index (χ1v) is 9.29. The monoisotopic (exact) mass is 376 g/mol. The summed E-state index contributed by atoms with van der Waals surface area (Å²) in [6.07, 6.45) is 1.47. The lowest BCUT2D eigenvalue weighted by Crippen LogP contribution is -2.40. The van der Waals surface area contributed by atoms with Crippen LogP contribution in [0.2, 0.25) is 0 Å². The third-order valence-corrected chi connectivity index (χ3v) is 4.54. The molecule has 1 aromatic heterocycles. The van der Waals surface area contributed by atoms with E-state index in [1.807, 2.05) is 6.92 Å². The second kappa shape index (κ2) is 9.57. The molecule has 3 rings (SSSR count). The van der Waals surface area contributed by atoms with Crippen molar-refractivity contribution in [2.75, 3.05) is 32.8 Å². The van der Waals surface area contributed by atoms with E-state index in [2.05, 4.69) is 20.4 Å². The average molecular weight is 376 g/mol. The summed E-state index contributed by atoms with van der Waals surface area (Å²) in [7, 11) is 0. The molecule has 2 heterocycles. The van der Waals surface area contributed by atoms with E-state index in [0.29, 0.717) is 12.3 Å². The van der Waals surface area contributed by atoms with Crippen LogP contribution in [0, 0.1) is 5.82 Å². The van der Waals surface area contributed by atoms with Gasteiger partial charge in [-0.2, -0.15) is 4.98 Å². The minimum Gasteiger partial charge on any atom is -0.379 e. The third-order valence-electron chi connectivity index (χ3n) is 4.54. The number of nitrogens with one attached hydrogen (secondary N) is 1. The number of aromatic nitrogens is 2. The van der Waals surface area contributed by atoms with Crippen LogP contribution in [0.25, 0.3) is 11.4 Å². The third kappa shape index (κ3) is 5.83. The number of nitrogens with zero attached hydrogens (tertiary/aromatic N) is 3. The Labute approximate surface area is 157 Å². The number of amides is 1. The summed E-state index contributed by atoms with van der Waals surface area (Å²) in [5, 5.41) is 6.78. The summed E-state index contributed by atoms with van der Waals surface area (Å²) in [6.45, 7) is 6.39. The minimum absolute atomic E-state index is 0.0601. The first kappa shape index (κ1) is 19.4. The fourth-order valence-corrected chi connectivity index (χ4v) is 2.95. The molecule has 1 saturated heterocycles. The molecule has 2 aromatic rings. The molecule has 0 bridgehead atoms. The maximum atomic E-state index is 13.8. The molecule has 0 unspecified atom stereocenters. The molecule has 146 valence electrons. The van der Waals surface area contributed by atoms with Gasteiger partial charge in [0.1, 0.15) is 5.82 Å². The summed E-state index contributed by atoms with van der Waals surface area (Å²) >= 11 is 0.